The summed E-state index contributed by atoms with van der Waals surface area (Å²) in [5.41, 5.74) is 0. The summed E-state index contributed by atoms with van der Waals surface area (Å²) in [6, 6.07) is 0. The maximum absolute atomic E-state index is 5.63. The van der Waals surface area contributed by atoms with Gasteiger partial charge in [-0.3, -0.25) is 10.6 Å². The van der Waals surface area contributed by atoms with Crippen LogP contribution in [0.2, 0.25) is 0 Å². The molecule has 1 rings (SSSR count). The van der Waals surface area contributed by atoms with Crippen molar-refractivity contribution in [1.29, 1.82) is 0 Å². The smallest absolute Gasteiger partial charge is 0.225 e. The van der Waals surface area contributed by atoms with Gasteiger partial charge in [-0.25, -0.2) is 0 Å². The Morgan fingerprint density at radius 1 is 1.33 bits per heavy atom. The molecule has 1 fully saturated rings. The van der Waals surface area contributed by atoms with E-state index in [1.54, 1.807) is 0 Å². The Morgan fingerprint density at radius 3 is 2.50 bits per heavy atom. The Kier molecular flexibility index (Phi) is 4.35. The molecule has 1 saturated heterocycles. The fourth-order valence-corrected chi connectivity index (χ4v) is 2.31. The summed E-state index contributed by atoms with van der Waals surface area (Å²) in [5.74, 6) is 1.12. The van der Waals surface area contributed by atoms with Crippen molar-refractivity contribution >= 4 is 11.8 Å². The lowest BCUT2D eigenvalue weighted by atomic mass is 10.6. The van der Waals surface area contributed by atoms with Gasteiger partial charge in [0.25, 0.3) is 0 Å². The molecule has 2 N–H and O–H groups in total. The minimum absolute atomic E-state index is 0.287. The van der Waals surface area contributed by atoms with Crippen LogP contribution >= 0.6 is 11.8 Å². The molecular weight excluding hydrogens is 172 g/mol. The molecule has 1 aliphatic rings. The minimum Gasteiger partial charge on any atom is -0.339 e. The predicted octanol–water partition coefficient (Wildman–Crippen LogP) is 0.970. The van der Waals surface area contributed by atoms with Crippen LogP contribution in [0, 0.1) is 0 Å². The van der Waals surface area contributed by atoms with Crippen molar-refractivity contribution in [2.24, 2.45) is 0 Å². The molecule has 0 bridgehead atoms. The van der Waals surface area contributed by atoms with Crippen LogP contribution in [0.1, 0.15) is 20.3 Å². The predicted molar refractivity (Wildman–Crippen MR) is 53.1 cm³/mol. The van der Waals surface area contributed by atoms with E-state index in [0.29, 0.717) is 0 Å². The first-order valence-corrected chi connectivity index (χ1v) is 5.59. The lowest BCUT2D eigenvalue weighted by molar-refractivity contribution is 0.00719. The van der Waals surface area contributed by atoms with E-state index in [1.807, 2.05) is 18.7 Å². The lowest BCUT2D eigenvalue weighted by Crippen LogP contribution is -2.48. The Labute approximate surface area is 78.6 Å². The standard InChI is InChI=1S/C8H18N2OS/c1-3-7-12-8(11-4-2)9-5-6-10-8/h9-10H,3-7H2,1-2H3. The minimum atomic E-state index is -0.287. The molecule has 0 spiro atoms. The maximum atomic E-state index is 5.63. The van der Waals surface area contributed by atoms with Gasteiger partial charge in [-0.2, -0.15) is 0 Å². The van der Waals surface area contributed by atoms with Gasteiger partial charge in [0, 0.05) is 19.7 Å². The molecule has 72 valence electrons. The van der Waals surface area contributed by atoms with Crippen LogP contribution in [-0.4, -0.2) is 30.6 Å². The molecule has 1 heterocycles. The number of hydrogen-bond acceptors (Lipinski definition) is 4. The van der Waals surface area contributed by atoms with Gasteiger partial charge in [-0.05, 0) is 19.1 Å². The first kappa shape index (κ1) is 10.3. The second-order valence-corrected chi connectivity index (χ2v) is 4.02. The van der Waals surface area contributed by atoms with Crippen LogP contribution in [0.4, 0.5) is 0 Å². The van der Waals surface area contributed by atoms with E-state index < -0.39 is 0 Å². The summed E-state index contributed by atoms with van der Waals surface area (Å²) in [6.07, 6.45) is 1.18. The van der Waals surface area contributed by atoms with E-state index in [1.165, 1.54) is 6.42 Å². The van der Waals surface area contributed by atoms with Gasteiger partial charge in [-0.1, -0.05) is 18.7 Å². The molecule has 0 atom stereocenters. The van der Waals surface area contributed by atoms with E-state index in [4.69, 9.17) is 4.74 Å². The largest absolute Gasteiger partial charge is 0.339 e. The molecule has 3 nitrogen and oxygen atoms in total. The van der Waals surface area contributed by atoms with E-state index in [0.717, 1.165) is 25.4 Å². The number of rotatable bonds is 5. The first-order valence-electron chi connectivity index (χ1n) is 4.61. The van der Waals surface area contributed by atoms with Gasteiger partial charge in [0.05, 0.1) is 0 Å². The summed E-state index contributed by atoms with van der Waals surface area (Å²) >= 11 is 1.81. The Morgan fingerprint density at radius 2 is 2.00 bits per heavy atom. The summed E-state index contributed by atoms with van der Waals surface area (Å²) in [7, 11) is 0. The van der Waals surface area contributed by atoms with E-state index >= 15 is 0 Å². The van der Waals surface area contributed by atoms with E-state index in [2.05, 4.69) is 17.6 Å². The number of nitrogens with one attached hydrogen (secondary N) is 2. The molecule has 0 aromatic rings. The van der Waals surface area contributed by atoms with Gasteiger partial charge in [-0.15, -0.1) is 0 Å². The fourth-order valence-electron chi connectivity index (χ4n) is 1.21. The molecule has 0 aromatic carbocycles. The topological polar surface area (TPSA) is 33.3 Å². The van der Waals surface area contributed by atoms with Crippen LogP contribution in [0.25, 0.3) is 0 Å². The third-order valence-electron chi connectivity index (χ3n) is 1.70. The molecular formula is C8H18N2OS. The zero-order valence-corrected chi connectivity index (χ0v) is 8.67. The quantitative estimate of drug-likeness (QED) is 0.633. The molecule has 0 unspecified atom stereocenters. The number of thioether (sulfide) groups is 1. The van der Waals surface area contributed by atoms with Crippen molar-refractivity contribution in [3.05, 3.63) is 0 Å². The Hall–Kier alpha value is 0.230. The molecule has 0 radical (unpaired) electrons. The fraction of sp³-hybridized carbons (Fsp3) is 1.00. The number of ether oxygens (including phenoxy) is 1. The zero-order valence-electron chi connectivity index (χ0n) is 7.85. The summed E-state index contributed by atoms with van der Waals surface area (Å²) in [6.45, 7) is 6.95. The van der Waals surface area contributed by atoms with Crippen LogP contribution < -0.4 is 10.6 Å². The highest BCUT2D eigenvalue weighted by molar-refractivity contribution is 8.00. The first-order chi connectivity index (χ1) is 5.83. The van der Waals surface area contributed by atoms with Crippen molar-refractivity contribution in [3.8, 4) is 0 Å². The summed E-state index contributed by atoms with van der Waals surface area (Å²) in [4.78, 5) is 0. The highest BCUT2D eigenvalue weighted by Gasteiger charge is 2.33. The normalized spacial score (nSPS) is 21.5. The van der Waals surface area contributed by atoms with E-state index in [-0.39, 0.29) is 5.18 Å². The lowest BCUT2D eigenvalue weighted by Gasteiger charge is -2.28. The summed E-state index contributed by atoms with van der Waals surface area (Å²) in [5, 5.41) is 6.38. The number of hydrogen-bond donors (Lipinski definition) is 2. The van der Waals surface area contributed by atoms with Gasteiger partial charge >= 0.3 is 0 Å². The van der Waals surface area contributed by atoms with Crippen molar-refractivity contribution in [1.82, 2.24) is 10.6 Å². The Balaban J connectivity index is 2.35. The highest BCUT2D eigenvalue weighted by Crippen LogP contribution is 2.23. The van der Waals surface area contributed by atoms with Crippen LogP contribution in [-0.2, 0) is 4.74 Å². The van der Waals surface area contributed by atoms with Crippen LogP contribution in [0.15, 0.2) is 0 Å². The third kappa shape index (κ3) is 2.62. The van der Waals surface area contributed by atoms with Crippen molar-refractivity contribution in [2.75, 3.05) is 25.4 Å². The van der Waals surface area contributed by atoms with Crippen molar-refractivity contribution in [2.45, 2.75) is 25.4 Å². The van der Waals surface area contributed by atoms with Crippen LogP contribution in [0.5, 0.6) is 0 Å². The molecule has 4 heteroatoms. The molecule has 0 aromatic heterocycles. The molecule has 12 heavy (non-hydrogen) atoms. The van der Waals surface area contributed by atoms with Gasteiger partial charge in [0.1, 0.15) is 0 Å². The monoisotopic (exact) mass is 190 g/mol. The Bertz CT molecular complexity index is 126. The SMILES string of the molecule is CCCSC1(OCC)NCCN1. The molecule has 1 aliphatic heterocycles. The third-order valence-corrected chi connectivity index (χ3v) is 3.12. The summed E-state index contributed by atoms with van der Waals surface area (Å²) < 4.78 is 5.63. The van der Waals surface area contributed by atoms with Gasteiger partial charge in [0.2, 0.25) is 5.18 Å². The average molecular weight is 190 g/mol. The van der Waals surface area contributed by atoms with Crippen molar-refractivity contribution in [3.63, 3.8) is 0 Å². The highest BCUT2D eigenvalue weighted by atomic mass is 32.2. The molecule has 0 aliphatic carbocycles. The van der Waals surface area contributed by atoms with Gasteiger partial charge in [0.15, 0.2) is 0 Å². The maximum Gasteiger partial charge on any atom is 0.225 e. The zero-order chi connectivity index (χ0) is 8.86. The molecule has 0 amide bonds. The second-order valence-electron chi connectivity index (χ2n) is 2.75. The van der Waals surface area contributed by atoms with Crippen LogP contribution in [0.3, 0.4) is 0 Å². The second kappa shape index (κ2) is 5.07. The average Bonchev–Trinajstić information content (AvgIpc) is 2.51. The van der Waals surface area contributed by atoms with Gasteiger partial charge < -0.3 is 4.74 Å². The van der Waals surface area contributed by atoms with E-state index in [9.17, 15) is 0 Å². The van der Waals surface area contributed by atoms with Crippen molar-refractivity contribution < 1.29 is 4.74 Å². The molecule has 0 saturated carbocycles.